The molecule has 11 rings (SSSR count). The average Bonchev–Trinajstić information content (AvgIpc) is 3.43. The number of benzene rings is 6. The molecule has 6 aromatic rings. The third-order valence-electron chi connectivity index (χ3n) is 14.4. The van der Waals surface area contributed by atoms with E-state index >= 15 is 0 Å². The second-order valence-electron chi connectivity index (χ2n) is 16.4. The number of hydrogen-bond donors (Lipinski definition) is 1. The van der Waals surface area contributed by atoms with Crippen molar-refractivity contribution in [3.05, 3.63) is 173 Å². The van der Waals surface area contributed by atoms with Crippen LogP contribution in [0.15, 0.2) is 140 Å². The number of aryl methyl sites for hydroxylation is 1. The number of aromatic hydroxyl groups is 1. The lowest BCUT2D eigenvalue weighted by molar-refractivity contribution is -0.00102. The minimum Gasteiger partial charge on any atom is -0.508 e. The van der Waals surface area contributed by atoms with Gasteiger partial charge in [-0.05, 0) is 142 Å². The summed E-state index contributed by atoms with van der Waals surface area (Å²) in [5, 5.41) is 11.1. The van der Waals surface area contributed by atoms with Crippen LogP contribution in [0.2, 0.25) is 0 Å². The summed E-state index contributed by atoms with van der Waals surface area (Å²) in [4.78, 5) is 0. The lowest BCUT2D eigenvalue weighted by Gasteiger charge is -2.63. The van der Waals surface area contributed by atoms with Crippen molar-refractivity contribution in [3.8, 4) is 39.1 Å². The van der Waals surface area contributed by atoms with Gasteiger partial charge in [-0.15, -0.1) is 0 Å². The van der Waals surface area contributed by atoms with Gasteiger partial charge in [0.05, 0.1) is 0 Å². The predicted molar refractivity (Wildman–Crippen MR) is 204 cm³/mol. The number of phenolic OH excluding ortho intramolecular Hbond substituents is 1. The molecule has 4 bridgehead atoms. The molecule has 3 saturated carbocycles. The van der Waals surface area contributed by atoms with E-state index in [-0.39, 0.29) is 16.2 Å². The van der Waals surface area contributed by atoms with E-state index in [1.54, 1.807) is 16.7 Å². The van der Waals surface area contributed by atoms with Crippen molar-refractivity contribution < 1.29 is 5.11 Å². The number of fused-ring (bicyclic) bond motifs is 10. The third-order valence-corrected chi connectivity index (χ3v) is 14.4. The molecular weight excluding hydrogens is 605 g/mol. The molecule has 1 N–H and O–H groups in total. The van der Waals surface area contributed by atoms with Crippen molar-refractivity contribution in [1.29, 1.82) is 0 Å². The van der Waals surface area contributed by atoms with Crippen LogP contribution in [-0.2, 0) is 16.2 Å². The zero-order valence-electron chi connectivity index (χ0n) is 28.7. The number of rotatable bonds is 2. The molecule has 50 heavy (non-hydrogen) atoms. The Balaban J connectivity index is 1.29. The molecule has 0 amide bonds. The van der Waals surface area contributed by atoms with Gasteiger partial charge in [-0.1, -0.05) is 127 Å². The highest BCUT2D eigenvalue weighted by Gasteiger charge is 2.72. The molecule has 2 spiro atoms. The Bertz CT molecular complexity index is 2370. The molecule has 244 valence electrons. The maximum Gasteiger partial charge on any atom is 0.116 e. The second-order valence-corrected chi connectivity index (χ2v) is 16.4. The summed E-state index contributed by atoms with van der Waals surface area (Å²) in [7, 11) is 0. The monoisotopic (exact) mass is 646 g/mol. The van der Waals surface area contributed by atoms with E-state index in [9.17, 15) is 5.11 Å². The van der Waals surface area contributed by atoms with Gasteiger partial charge >= 0.3 is 0 Å². The van der Waals surface area contributed by atoms with Gasteiger partial charge in [0, 0.05) is 16.2 Å². The fraction of sp³-hybridized carbons (Fsp3) is 0.265. The van der Waals surface area contributed by atoms with Crippen LogP contribution in [-0.4, -0.2) is 5.11 Å². The Kier molecular flexibility index (Phi) is 5.84. The molecule has 1 nitrogen and oxygen atoms in total. The van der Waals surface area contributed by atoms with Gasteiger partial charge in [0.2, 0.25) is 0 Å². The SMILES string of the molecule is Cc1ccccc1-c1ccccc1C12CCC34CC(CC5(CC(C1)c1ccccc1-c1ccccc15)C23)c1ccccc1-c1cc(O)ccc14. The van der Waals surface area contributed by atoms with Crippen LogP contribution >= 0.6 is 0 Å². The van der Waals surface area contributed by atoms with E-state index in [0.29, 0.717) is 23.5 Å². The van der Waals surface area contributed by atoms with Crippen LogP contribution in [0.25, 0.3) is 33.4 Å². The minimum absolute atomic E-state index is 0.0244. The standard InChI is InChI=1S/C49H42O/c1-31-12-2-3-13-35(31)40-18-8-10-20-43(40)47-24-25-48-28-33(37-15-5-7-17-39(37)42-26-34(50)22-23-45(42)48)30-49(46(47)48)29-32(27-47)36-14-4-6-16-38(36)41-19-9-11-21-44(41)49/h2-23,26,32-33,46,50H,24-25,27-30H2,1H3. The van der Waals surface area contributed by atoms with Crippen LogP contribution < -0.4 is 0 Å². The molecule has 6 unspecified atom stereocenters. The van der Waals surface area contributed by atoms with E-state index < -0.39 is 0 Å². The quantitative estimate of drug-likeness (QED) is 0.198. The van der Waals surface area contributed by atoms with E-state index in [1.807, 2.05) is 6.07 Å². The van der Waals surface area contributed by atoms with Gasteiger partial charge < -0.3 is 5.11 Å². The maximum atomic E-state index is 11.1. The van der Waals surface area contributed by atoms with E-state index in [1.165, 1.54) is 82.2 Å². The van der Waals surface area contributed by atoms with E-state index in [0.717, 1.165) is 6.42 Å². The highest BCUT2D eigenvalue weighted by Crippen LogP contribution is 2.78. The lowest BCUT2D eigenvalue weighted by Crippen LogP contribution is -2.60. The summed E-state index contributed by atoms with van der Waals surface area (Å²) in [5.74, 6) is 1.68. The van der Waals surface area contributed by atoms with Gasteiger partial charge in [0.1, 0.15) is 5.75 Å². The summed E-state index contributed by atoms with van der Waals surface area (Å²) >= 11 is 0. The minimum atomic E-state index is -0.0293. The first kappa shape index (κ1) is 28.9. The average molecular weight is 647 g/mol. The van der Waals surface area contributed by atoms with Crippen LogP contribution in [0.1, 0.15) is 83.7 Å². The largest absolute Gasteiger partial charge is 0.508 e. The first-order chi connectivity index (χ1) is 24.5. The van der Waals surface area contributed by atoms with Crippen LogP contribution in [0.5, 0.6) is 5.75 Å². The van der Waals surface area contributed by atoms with Crippen molar-refractivity contribution >= 4 is 0 Å². The van der Waals surface area contributed by atoms with Crippen molar-refractivity contribution in [3.63, 3.8) is 0 Å². The molecule has 6 atom stereocenters. The van der Waals surface area contributed by atoms with Crippen molar-refractivity contribution in [2.75, 3.05) is 0 Å². The molecule has 0 saturated heterocycles. The molecule has 0 aromatic heterocycles. The fourth-order valence-corrected chi connectivity index (χ4v) is 13.2. The van der Waals surface area contributed by atoms with Gasteiger partial charge in [-0.25, -0.2) is 0 Å². The van der Waals surface area contributed by atoms with Crippen LogP contribution in [0, 0.1) is 12.8 Å². The first-order valence-corrected chi connectivity index (χ1v) is 18.8. The molecule has 0 radical (unpaired) electrons. The summed E-state index contributed by atoms with van der Waals surface area (Å²) < 4.78 is 0. The molecule has 3 fully saturated rings. The predicted octanol–water partition coefficient (Wildman–Crippen LogP) is 12.0. The molecule has 0 aliphatic heterocycles. The van der Waals surface area contributed by atoms with Gasteiger partial charge in [0.15, 0.2) is 0 Å². The molecule has 5 aliphatic carbocycles. The van der Waals surface area contributed by atoms with E-state index in [2.05, 4.69) is 140 Å². The fourth-order valence-electron chi connectivity index (χ4n) is 13.2. The Hall–Kier alpha value is -4.88. The van der Waals surface area contributed by atoms with Gasteiger partial charge in [-0.2, -0.15) is 0 Å². The zero-order valence-corrected chi connectivity index (χ0v) is 28.7. The highest BCUT2D eigenvalue weighted by molar-refractivity contribution is 5.80. The topological polar surface area (TPSA) is 20.2 Å². The lowest BCUT2D eigenvalue weighted by atomic mass is 9.39. The molecular formula is C49H42O. The molecule has 6 aromatic carbocycles. The summed E-state index contributed by atoms with van der Waals surface area (Å²) in [5.41, 5.74) is 17.2. The van der Waals surface area contributed by atoms with Crippen LogP contribution in [0.3, 0.4) is 0 Å². The molecule has 1 heteroatoms. The Morgan fingerprint density at radius 2 is 0.880 bits per heavy atom. The first-order valence-electron chi connectivity index (χ1n) is 18.8. The molecule has 0 heterocycles. The number of phenols is 1. The van der Waals surface area contributed by atoms with E-state index in [4.69, 9.17) is 0 Å². The van der Waals surface area contributed by atoms with Crippen molar-refractivity contribution in [2.45, 2.75) is 73.5 Å². The summed E-state index contributed by atoms with van der Waals surface area (Å²) in [6, 6.07) is 53.2. The van der Waals surface area contributed by atoms with Gasteiger partial charge in [0.25, 0.3) is 0 Å². The Labute approximate surface area is 295 Å². The smallest absolute Gasteiger partial charge is 0.116 e. The van der Waals surface area contributed by atoms with Crippen molar-refractivity contribution in [2.24, 2.45) is 5.92 Å². The Morgan fingerprint density at radius 3 is 1.50 bits per heavy atom. The maximum absolute atomic E-state index is 11.1. The normalized spacial score (nSPS) is 29.3. The number of hydrogen-bond acceptors (Lipinski definition) is 1. The van der Waals surface area contributed by atoms with Crippen molar-refractivity contribution in [1.82, 2.24) is 0 Å². The Morgan fingerprint density at radius 1 is 0.440 bits per heavy atom. The molecule has 5 aliphatic rings. The second kappa shape index (κ2) is 10.1. The van der Waals surface area contributed by atoms with Gasteiger partial charge in [-0.3, -0.25) is 0 Å². The zero-order chi connectivity index (χ0) is 33.2. The third kappa shape index (κ3) is 3.58. The highest BCUT2D eigenvalue weighted by atomic mass is 16.3. The summed E-state index contributed by atoms with van der Waals surface area (Å²) in [6.45, 7) is 2.28. The summed E-state index contributed by atoms with van der Waals surface area (Å²) in [6.07, 6.45) is 7.02. The van der Waals surface area contributed by atoms with Crippen LogP contribution in [0.4, 0.5) is 0 Å².